The van der Waals surface area contributed by atoms with Gasteiger partial charge < -0.3 is 25.8 Å². The minimum Gasteiger partial charge on any atom is -0.489 e. The van der Waals surface area contributed by atoms with Crippen LogP contribution in [0.4, 0.5) is 0 Å². The second-order valence-corrected chi connectivity index (χ2v) is 9.93. The smallest absolute Gasteiger partial charge is 0.252 e. The molecule has 3 atom stereocenters. The molecule has 0 radical (unpaired) electrons. The van der Waals surface area contributed by atoms with Crippen LogP contribution >= 0.6 is 0 Å². The van der Waals surface area contributed by atoms with Gasteiger partial charge in [-0.05, 0) is 69.8 Å². The van der Waals surface area contributed by atoms with E-state index in [4.69, 9.17) is 10.5 Å². The minimum atomic E-state index is -1.22. The zero-order valence-electron chi connectivity index (χ0n) is 21.6. The van der Waals surface area contributed by atoms with Crippen LogP contribution in [0.2, 0.25) is 0 Å². The fourth-order valence-electron chi connectivity index (χ4n) is 4.87. The number of carbonyl (C=O) groups is 2. The van der Waals surface area contributed by atoms with Crippen molar-refractivity contribution < 1.29 is 19.4 Å². The summed E-state index contributed by atoms with van der Waals surface area (Å²) in [6.07, 6.45) is -0.278. The highest BCUT2D eigenvalue weighted by Gasteiger charge is 2.35. The first kappa shape index (κ1) is 26.5. The number of nitrogens with zero attached hydrogens (tertiary/aromatic N) is 3. The number of nitrogens with two attached hydrogens (primary N) is 1. The SMILES string of the molecule is Cc1cc(COc2ccc(C(=O)N[C@H](C(N)=O)C(O)N3CCC(CN(C)C)C3)cc2)c2ccccc2n1. The van der Waals surface area contributed by atoms with Crippen molar-refractivity contribution in [3.63, 3.8) is 0 Å². The Labute approximate surface area is 217 Å². The molecule has 0 aliphatic carbocycles. The highest BCUT2D eigenvalue weighted by molar-refractivity contribution is 5.97. The Morgan fingerprint density at radius 1 is 1.22 bits per heavy atom. The van der Waals surface area contributed by atoms with Gasteiger partial charge in [-0.3, -0.25) is 19.5 Å². The van der Waals surface area contributed by atoms with Crippen molar-refractivity contribution >= 4 is 22.7 Å². The van der Waals surface area contributed by atoms with E-state index in [0.717, 1.165) is 35.1 Å². The molecule has 196 valence electrons. The third-order valence-electron chi connectivity index (χ3n) is 6.65. The molecule has 2 amide bonds. The number of fused-ring (bicyclic) bond motifs is 1. The van der Waals surface area contributed by atoms with Crippen LogP contribution in [-0.4, -0.2) is 77.7 Å². The number of para-hydroxylation sites is 1. The summed E-state index contributed by atoms with van der Waals surface area (Å²) in [6.45, 7) is 4.47. The van der Waals surface area contributed by atoms with Crippen LogP contribution in [0.25, 0.3) is 10.9 Å². The third-order valence-corrected chi connectivity index (χ3v) is 6.65. The predicted octanol–water partition coefficient (Wildman–Crippen LogP) is 1.91. The molecular formula is C28H35N5O4. The van der Waals surface area contributed by atoms with Gasteiger partial charge in [-0.15, -0.1) is 0 Å². The molecule has 2 unspecified atom stereocenters. The number of primary amides is 1. The van der Waals surface area contributed by atoms with Gasteiger partial charge in [0.25, 0.3) is 5.91 Å². The Morgan fingerprint density at radius 3 is 2.65 bits per heavy atom. The Balaban J connectivity index is 1.37. The molecule has 1 aromatic heterocycles. The Morgan fingerprint density at radius 2 is 1.95 bits per heavy atom. The zero-order chi connectivity index (χ0) is 26.5. The molecular weight excluding hydrogens is 470 g/mol. The molecule has 4 rings (SSSR count). The van der Waals surface area contributed by atoms with Gasteiger partial charge in [-0.25, -0.2) is 0 Å². The molecule has 1 fully saturated rings. The lowest BCUT2D eigenvalue weighted by atomic mass is 10.1. The molecule has 0 bridgehead atoms. The number of aryl methyl sites for hydroxylation is 1. The predicted molar refractivity (Wildman–Crippen MR) is 142 cm³/mol. The molecule has 9 nitrogen and oxygen atoms in total. The van der Waals surface area contributed by atoms with Crippen molar-refractivity contribution in [2.24, 2.45) is 11.7 Å². The summed E-state index contributed by atoms with van der Waals surface area (Å²) in [7, 11) is 4.01. The number of hydrogen-bond donors (Lipinski definition) is 3. The van der Waals surface area contributed by atoms with E-state index in [0.29, 0.717) is 36.9 Å². The third kappa shape index (κ3) is 6.62. The summed E-state index contributed by atoms with van der Waals surface area (Å²) in [5.41, 5.74) is 8.74. The van der Waals surface area contributed by atoms with Gasteiger partial charge in [0.15, 0.2) is 0 Å². The number of benzene rings is 2. The molecule has 1 saturated heterocycles. The van der Waals surface area contributed by atoms with E-state index in [1.54, 1.807) is 29.2 Å². The summed E-state index contributed by atoms with van der Waals surface area (Å²) in [5, 5.41) is 14.5. The lowest BCUT2D eigenvalue weighted by Crippen LogP contribution is -2.57. The number of hydrogen-bond acceptors (Lipinski definition) is 7. The Hall–Kier alpha value is -3.53. The maximum Gasteiger partial charge on any atom is 0.252 e. The van der Waals surface area contributed by atoms with Crippen LogP contribution in [0, 0.1) is 12.8 Å². The first-order valence-electron chi connectivity index (χ1n) is 12.5. The number of nitrogens with one attached hydrogen (secondary N) is 1. The number of amides is 2. The van der Waals surface area contributed by atoms with E-state index in [9.17, 15) is 14.7 Å². The molecule has 37 heavy (non-hydrogen) atoms. The summed E-state index contributed by atoms with van der Waals surface area (Å²) < 4.78 is 5.97. The molecule has 0 spiro atoms. The minimum absolute atomic E-state index is 0.336. The number of rotatable bonds is 10. The van der Waals surface area contributed by atoms with Crippen LogP contribution in [0.3, 0.4) is 0 Å². The van der Waals surface area contributed by atoms with Crippen LogP contribution in [-0.2, 0) is 11.4 Å². The highest BCUT2D eigenvalue weighted by Crippen LogP contribution is 2.22. The second kappa shape index (κ2) is 11.7. The number of pyridine rings is 1. The maximum atomic E-state index is 12.9. The largest absolute Gasteiger partial charge is 0.489 e. The number of carbonyl (C=O) groups excluding carboxylic acids is 2. The van der Waals surface area contributed by atoms with Gasteiger partial charge in [0.2, 0.25) is 5.91 Å². The van der Waals surface area contributed by atoms with Gasteiger partial charge >= 0.3 is 0 Å². The molecule has 1 aliphatic rings. The molecule has 1 aliphatic heterocycles. The number of aromatic nitrogens is 1. The van der Waals surface area contributed by atoms with E-state index in [1.165, 1.54) is 0 Å². The van der Waals surface area contributed by atoms with E-state index in [2.05, 4.69) is 15.2 Å². The van der Waals surface area contributed by atoms with Crippen LogP contribution in [0.1, 0.15) is 28.0 Å². The molecule has 3 aromatic rings. The summed E-state index contributed by atoms with van der Waals surface area (Å²) in [4.78, 5) is 33.4. The van der Waals surface area contributed by atoms with Crippen molar-refractivity contribution in [2.75, 3.05) is 33.7 Å². The van der Waals surface area contributed by atoms with Crippen molar-refractivity contribution in [1.82, 2.24) is 20.1 Å². The number of aliphatic hydroxyl groups excluding tert-OH is 1. The van der Waals surface area contributed by atoms with Gasteiger partial charge in [-0.1, -0.05) is 18.2 Å². The first-order valence-corrected chi connectivity index (χ1v) is 12.5. The summed E-state index contributed by atoms with van der Waals surface area (Å²) >= 11 is 0. The summed E-state index contributed by atoms with van der Waals surface area (Å²) in [6, 6.07) is 15.3. The van der Waals surface area contributed by atoms with Crippen LogP contribution in [0.15, 0.2) is 54.6 Å². The number of ether oxygens (including phenoxy) is 1. The molecule has 4 N–H and O–H groups in total. The fourth-order valence-corrected chi connectivity index (χ4v) is 4.87. The molecule has 9 heteroatoms. The van der Waals surface area contributed by atoms with Crippen molar-refractivity contribution in [1.29, 1.82) is 0 Å². The van der Waals surface area contributed by atoms with Crippen molar-refractivity contribution in [2.45, 2.75) is 32.2 Å². The average Bonchev–Trinajstić information content (AvgIpc) is 3.33. The average molecular weight is 506 g/mol. The van der Waals surface area contributed by atoms with Crippen LogP contribution in [0.5, 0.6) is 5.75 Å². The number of aliphatic hydroxyl groups is 1. The number of likely N-dealkylation sites (tertiary alicyclic amines) is 1. The maximum absolute atomic E-state index is 12.9. The van der Waals surface area contributed by atoms with Gasteiger partial charge in [0.05, 0.1) is 5.52 Å². The Kier molecular flexibility index (Phi) is 8.38. The molecule has 2 aromatic carbocycles. The normalized spacial score (nSPS) is 17.6. The lowest BCUT2D eigenvalue weighted by Gasteiger charge is -2.29. The molecule has 2 heterocycles. The van der Waals surface area contributed by atoms with Crippen molar-refractivity contribution in [3.05, 3.63) is 71.4 Å². The molecule has 0 saturated carbocycles. The van der Waals surface area contributed by atoms with Crippen molar-refractivity contribution in [3.8, 4) is 5.75 Å². The summed E-state index contributed by atoms with van der Waals surface area (Å²) in [5.74, 6) is -0.285. The van der Waals surface area contributed by atoms with Gasteiger partial charge in [0, 0.05) is 41.8 Å². The Bertz CT molecular complexity index is 1250. The standard InChI is InChI=1S/C28H35N5O4/c1-18-14-21(23-6-4-5-7-24(23)30-18)17-37-22-10-8-20(9-11-22)27(35)31-25(26(29)34)28(36)33-13-12-19(16-33)15-32(2)3/h4-11,14,19,25,28,36H,12-13,15-17H2,1-3H3,(H2,29,34)(H,31,35)/t19?,25-,28?/m1/s1. The van der Waals surface area contributed by atoms with Crippen LogP contribution < -0.4 is 15.8 Å². The first-order chi connectivity index (χ1) is 17.7. The lowest BCUT2D eigenvalue weighted by molar-refractivity contribution is -0.126. The topological polar surface area (TPSA) is 121 Å². The van der Waals surface area contributed by atoms with Gasteiger partial charge in [-0.2, -0.15) is 0 Å². The van der Waals surface area contributed by atoms with E-state index < -0.39 is 24.1 Å². The second-order valence-electron chi connectivity index (χ2n) is 9.93. The van der Waals surface area contributed by atoms with E-state index in [1.807, 2.05) is 51.4 Å². The fraction of sp³-hybridized carbons (Fsp3) is 0.393. The zero-order valence-corrected chi connectivity index (χ0v) is 21.6. The van der Waals surface area contributed by atoms with E-state index in [-0.39, 0.29) is 0 Å². The monoisotopic (exact) mass is 505 g/mol. The highest BCUT2D eigenvalue weighted by atomic mass is 16.5. The van der Waals surface area contributed by atoms with E-state index >= 15 is 0 Å². The van der Waals surface area contributed by atoms with Gasteiger partial charge in [0.1, 0.15) is 24.6 Å². The quantitative estimate of drug-likeness (QED) is 0.385.